The zero-order valence-corrected chi connectivity index (χ0v) is 12.7. The number of hydrogen-bond acceptors (Lipinski definition) is 3. The first-order valence-corrected chi connectivity index (χ1v) is 7.56. The molecule has 1 amide bonds. The molecule has 0 bridgehead atoms. The van der Waals surface area contributed by atoms with Crippen LogP contribution in [-0.2, 0) is 0 Å². The zero-order valence-electron chi connectivity index (χ0n) is 12.7. The number of anilines is 1. The summed E-state index contributed by atoms with van der Waals surface area (Å²) in [5.41, 5.74) is 7.29. The molecule has 0 aliphatic carbocycles. The third kappa shape index (κ3) is 5.21. The number of amides is 1. The van der Waals surface area contributed by atoms with Crippen molar-refractivity contribution < 1.29 is 4.79 Å². The van der Waals surface area contributed by atoms with E-state index in [4.69, 9.17) is 5.73 Å². The van der Waals surface area contributed by atoms with Gasteiger partial charge in [0, 0.05) is 30.9 Å². The molecule has 0 radical (unpaired) electrons. The molecular weight excluding hydrogens is 250 g/mol. The van der Waals surface area contributed by atoms with Gasteiger partial charge in [-0.05, 0) is 50.6 Å². The van der Waals surface area contributed by atoms with Crippen molar-refractivity contribution in [3.8, 4) is 0 Å². The minimum atomic E-state index is -0.0263. The van der Waals surface area contributed by atoms with Crippen molar-refractivity contribution in [3.05, 3.63) is 29.8 Å². The van der Waals surface area contributed by atoms with Crippen molar-refractivity contribution in [2.45, 2.75) is 33.1 Å². The van der Waals surface area contributed by atoms with Gasteiger partial charge in [0.15, 0.2) is 0 Å². The van der Waals surface area contributed by atoms with E-state index in [1.165, 1.54) is 18.5 Å². The maximum absolute atomic E-state index is 11.9. The Kier molecular flexibility index (Phi) is 7.73. The van der Waals surface area contributed by atoms with Gasteiger partial charge in [0.05, 0.1) is 0 Å². The summed E-state index contributed by atoms with van der Waals surface area (Å²) in [4.78, 5) is 14.2. The fourth-order valence-electron chi connectivity index (χ4n) is 2.05. The molecule has 0 unspecified atom stereocenters. The molecular formula is C16H27N3O. The van der Waals surface area contributed by atoms with Gasteiger partial charge in [-0.1, -0.05) is 13.3 Å². The van der Waals surface area contributed by atoms with Gasteiger partial charge in [-0.3, -0.25) is 4.79 Å². The van der Waals surface area contributed by atoms with E-state index >= 15 is 0 Å². The Bertz CT molecular complexity index is 389. The summed E-state index contributed by atoms with van der Waals surface area (Å²) < 4.78 is 0. The molecule has 0 aliphatic rings. The fraction of sp³-hybridized carbons (Fsp3) is 0.562. The number of hydrogen-bond donors (Lipinski definition) is 2. The standard InChI is InChI=1S/C16H27N3O/c1-3-5-13-19(4-2)15-9-7-14(8-10-15)16(20)18-12-6-11-17/h7-10H,3-6,11-13,17H2,1-2H3,(H,18,20). The van der Waals surface area contributed by atoms with Gasteiger partial charge in [-0.25, -0.2) is 0 Å². The Morgan fingerprint density at radius 2 is 1.90 bits per heavy atom. The van der Waals surface area contributed by atoms with Crippen molar-refractivity contribution in [2.75, 3.05) is 31.1 Å². The Hall–Kier alpha value is -1.55. The second-order valence-corrected chi connectivity index (χ2v) is 4.88. The topological polar surface area (TPSA) is 58.4 Å². The lowest BCUT2D eigenvalue weighted by molar-refractivity contribution is 0.0953. The first-order valence-electron chi connectivity index (χ1n) is 7.56. The molecule has 4 nitrogen and oxygen atoms in total. The van der Waals surface area contributed by atoms with E-state index in [1.54, 1.807) is 0 Å². The van der Waals surface area contributed by atoms with Crippen LogP contribution in [0.25, 0.3) is 0 Å². The second kappa shape index (κ2) is 9.37. The highest BCUT2D eigenvalue weighted by Gasteiger charge is 2.07. The predicted octanol–water partition coefficient (Wildman–Crippen LogP) is 2.39. The number of rotatable bonds is 9. The average molecular weight is 277 g/mol. The Morgan fingerprint density at radius 1 is 1.20 bits per heavy atom. The van der Waals surface area contributed by atoms with Crippen LogP contribution >= 0.6 is 0 Å². The number of nitrogens with one attached hydrogen (secondary N) is 1. The van der Waals surface area contributed by atoms with Crippen molar-refractivity contribution in [1.82, 2.24) is 5.32 Å². The second-order valence-electron chi connectivity index (χ2n) is 4.88. The molecule has 1 rings (SSSR count). The van der Waals surface area contributed by atoms with Gasteiger partial charge in [0.1, 0.15) is 0 Å². The van der Waals surface area contributed by atoms with Gasteiger partial charge in [-0.2, -0.15) is 0 Å². The molecule has 0 saturated carbocycles. The van der Waals surface area contributed by atoms with Crippen LogP contribution in [0.2, 0.25) is 0 Å². The van der Waals surface area contributed by atoms with Crippen LogP contribution in [0.4, 0.5) is 5.69 Å². The van der Waals surface area contributed by atoms with Crippen LogP contribution in [0.1, 0.15) is 43.5 Å². The summed E-state index contributed by atoms with van der Waals surface area (Å²) in [6.45, 7) is 7.64. The molecule has 1 aromatic carbocycles. The van der Waals surface area contributed by atoms with Crippen LogP contribution in [0.3, 0.4) is 0 Å². The predicted molar refractivity (Wildman–Crippen MR) is 85.2 cm³/mol. The molecule has 0 aliphatic heterocycles. The molecule has 112 valence electrons. The molecule has 0 heterocycles. The minimum absolute atomic E-state index is 0.0263. The Labute approximate surface area is 122 Å². The summed E-state index contributed by atoms with van der Waals surface area (Å²) in [5.74, 6) is -0.0263. The summed E-state index contributed by atoms with van der Waals surface area (Å²) in [6.07, 6.45) is 3.19. The number of unbranched alkanes of at least 4 members (excludes halogenated alkanes) is 1. The largest absolute Gasteiger partial charge is 0.372 e. The van der Waals surface area contributed by atoms with E-state index in [2.05, 4.69) is 24.1 Å². The van der Waals surface area contributed by atoms with Crippen LogP contribution in [-0.4, -0.2) is 32.1 Å². The molecule has 0 atom stereocenters. The highest BCUT2D eigenvalue weighted by molar-refractivity contribution is 5.94. The zero-order chi connectivity index (χ0) is 14.8. The first-order chi connectivity index (χ1) is 9.72. The molecule has 20 heavy (non-hydrogen) atoms. The molecule has 0 saturated heterocycles. The van der Waals surface area contributed by atoms with E-state index in [0.717, 1.165) is 19.5 Å². The average Bonchev–Trinajstić information content (AvgIpc) is 2.49. The number of nitrogens with two attached hydrogens (primary N) is 1. The summed E-state index contributed by atoms with van der Waals surface area (Å²) in [7, 11) is 0. The van der Waals surface area contributed by atoms with Crippen molar-refractivity contribution in [1.29, 1.82) is 0 Å². The van der Waals surface area contributed by atoms with Crippen LogP contribution in [0, 0.1) is 0 Å². The molecule has 0 fully saturated rings. The van der Waals surface area contributed by atoms with E-state index in [0.29, 0.717) is 18.7 Å². The maximum atomic E-state index is 11.9. The van der Waals surface area contributed by atoms with Gasteiger partial charge in [0.2, 0.25) is 0 Å². The van der Waals surface area contributed by atoms with Crippen LogP contribution < -0.4 is 16.0 Å². The number of carbonyl (C=O) groups excluding carboxylic acids is 1. The number of benzene rings is 1. The van der Waals surface area contributed by atoms with E-state index in [-0.39, 0.29) is 5.91 Å². The molecule has 4 heteroatoms. The monoisotopic (exact) mass is 277 g/mol. The van der Waals surface area contributed by atoms with Crippen molar-refractivity contribution in [3.63, 3.8) is 0 Å². The molecule has 0 aromatic heterocycles. The number of nitrogens with zero attached hydrogens (tertiary/aromatic N) is 1. The molecule has 3 N–H and O–H groups in total. The summed E-state index contributed by atoms with van der Waals surface area (Å²) >= 11 is 0. The van der Waals surface area contributed by atoms with Crippen molar-refractivity contribution in [2.24, 2.45) is 5.73 Å². The van der Waals surface area contributed by atoms with E-state index < -0.39 is 0 Å². The third-order valence-corrected chi connectivity index (χ3v) is 3.32. The lowest BCUT2D eigenvalue weighted by Crippen LogP contribution is -2.26. The normalized spacial score (nSPS) is 10.3. The van der Waals surface area contributed by atoms with Crippen LogP contribution in [0.5, 0.6) is 0 Å². The SMILES string of the molecule is CCCCN(CC)c1ccc(C(=O)NCCCN)cc1. The van der Waals surface area contributed by atoms with Gasteiger partial charge < -0.3 is 16.0 Å². The van der Waals surface area contributed by atoms with E-state index in [1.807, 2.05) is 24.3 Å². The highest BCUT2D eigenvalue weighted by atomic mass is 16.1. The van der Waals surface area contributed by atoms with Gasteiger partial charge >= 0.3 is 0 Å². The minimum Gasteiger partial charge on any atom is -0.372 e. The van der Waals surface area contributed by atoms with E-state index in [9.17, 15) is 4.79 Å². The van der Waals surface area contributed by atoms with Crippen molar-refractivity contribution >= 4 is 11.6 Å². The number of carbonyl (C=O) groups is 1. The third-order valence-electron chi connectivity index (χ3n) is 3.32. The summed E-state index contributed by atoms with van der Waals surface area (Å²) in [6, 6.07) is 7.83. The Balaban J connectivity index is 2.60. The van der Waals surface area contributed by atoms with Crippen LogP contribution in [0.15, 0.2) is 24.3 Å². The molecule has 1 aromatic rings. The lowest BCUT2D eigenvalue weighted by Gasteiger charge is -2.23. The fourth-order valence-corrected chi connectivity index (χ4v) is 2.05. The van der Waals surface area contributed by atoms with Gasteiger partial charge in [0.25, 0.3) is 5.91 Å². The quantitative estimate of drug-likeness (QED) is 0.681. The first kappa shape index (κ1) is 16.5. The lowest BCUT2D eigenvalue weighted by atomic mass is 10.1. The maximum Gasteiger partial charge on any atom is 0.251 e. The molecule has 0 spiro atoms. The van der Waals surface area contributed by atoms with Gasteiger partial charge in [-0.15, -0.1) is 0 Å². The summed E-state index contributed by atoms with van der Waals surface area (Å²) in [5, 5.41) is 2.86. The highest BCUT2D eigenvalue weighted by Crippen LogP contribution is 2.16. The Morgan fingerprint density at radius 3 is 2.45 bits per heavy atom. The smallest absolute Gasteiger partial charge is 0.251 e.